The molecule has 0 spiro atoms. The van der Waals surface area contributed by atoms with E-state index in [2.05, 4.69) is 85.4 Å². The quantitative estimate of drug-likeness (QED) is 0.571. The minimum absolute atomic E-state index is 0.160. The molecule has 0 radical (unpaired) electrons. The normalized spacial score (nSPS) is 12.1. The zero-order chi connectivity index (χ0) is 14.9. The Bertz CT molecular complexity index is 769. The van der Waals surface area contributed by atoms with Crippen LogP contribution in [0.25, 0.3) is 21.7 Å². The van der Waals surface area contributed by atoms with Gasteiger partial charge < -0.3 is 5.32 Å². The van der Waals surface area contributed by atoms with Gasteiger partial charge in [0, 0.05) is 22.4 Å². The number of aromatic nitrogens is 1. The first kappa shape index (κ1) is 14.0. The minimum Gasteiger partial charge on any atom is -0.306 e. The van der Waals surface area contributed by atoms with Gasteiger partial charge in [-0.1, -0.05) is 30.3 Å². The van der Waals surface area contributed by atoms with Crippen LogP contribution >= 0.6 is 0 Å². The Kier molecular flexibility index (Phi) is 3.64. The van der Waals surface area contributed by atoms with Crippen LogP contribution in [0.4, 0.5) is 0 Å². The van der Waals surface area contributed by atoms with Gasteiger partial charge in [0.15, 0.2) is 12.7 Å². The first-order valence-corrected chi connectivity index (χ1v) is 7.59. The standard InChI is InChI=1S/C19H23N2/c1-19(2,3)20-12-13-21-14-15-8-4-5-9-16(15)17-10-6-7-11-18(17)21/h4-11,14,20H,12-13H2,1-3H3/q+1. The second-order valence-corrected chi connectivity index (χ2v) is 6.60. The van der Waals surface area contributed by atoms with Crippen molar-refractivity contribution in [3.05, 3.63) is 54.7 Å². The lowest BCUT2D eigenvalue weighted by atomic mass is 10.1. The van der Waals surface area contributed by atoms with E-state index in [9.17, 15) is 0 Å². The maximum absolute atomic E-state index is 3.56. The molecule has 0 amide bonds. The summed E-state index contributed by atoms with van der Waals surface area (Å²) in [6.07, 6.45) is 2.27. The van der Waals surface area contributed by atoms with Crippen molar-refractivity contribution in [2.24, 2.45) is 0 Å². The zero-order valence-corrected chi connectivity index (χ0v) is 13.1. The van der Waals surface area contributed by atoms with Crippen molar-refractivity contribution < 1.29 is 4.57 Å². The van der Waals surface area contributed by atoms with Crippen molar-refractivity contribution in [3.8, 4) is 0 Å². The van der Waals surface area contributed by atoms with Crippen molar-refractivity contribution in [2.45, 2.75) is 32.9 Å². The van der Waals surface area contributed by atoms with Crippen molar-refractivity contribution in [1.82, 2.24) is 5.32 Å². The lowest BCUT2D eigenvalue weighted by Gasteiger charge is -2.19. The summed E-state index contributed by atoms with van der Waals surface area (Å²) in [5.41, 5.74) is 1.46. The molecule has 0 saturated carbocycles. The van der Waals surface area contributed by atoms with E-state index >= 15 is 0 Å². The number of hydrogen-bond donors (Lipinski definition) is 1. The van der Waals surface area contributed by atoms with Gasteiger partial charge in [-0.2, -0.15) is 4.57 Å². The van der Waals surface area contributed by atoms with Crippen LogP contribution in [0.15, 0.2) is 54.7 Å². The van der Waals surface area contributed by atoms with E-state index in [0.717, 1.165) is 13.1 Å². The first-order chi connectivity index (χ1) is 10.0. The fraction of sp³-hybridized carbons (Fsp3) is 0.316. The van der Waals surface area contributed by atoms with Gasteiger partial charge in [0.2, 0.25) is 5.52 Å². The molecule has 1 aromatic heterocycles. The maximum atomic E-state index is 3.56. The van der Waals surface area contributed by atoms with Crippen LogP contribution in [0.5, 0.6) is 0 Å². The van der Waals surface area contributed by atoms with Gasteiger partial charge in [-0.05, 0) is 32.9 Å². The molecule has 0 unspecified atom stereocenters. The summed E-state index contributed by atoms with van der Waals surface area (Å²) in [7, 11) is 0. The molecule has 3 rings (SSSR count). The Morgan fingerprint density at radius 2 is 1.57 bits per heavy atom. The van der Waals surface area contributed by atoms with Crippen LogP contribution in [0.3, 0.4) is 0 Å². The van der Waals surface area contributed by atoms with Gasteiger partial charge in [-0.25, -0.2) is 0 Å². The third-order valence-corrected chi connectivity index (χ3v) is 3.77. The molecular weight excluding hydrogens is 256 g/mol. The fourth-order valence-electron chi connectivity index (χ4n) is 2.78. The van der Waals surface area contributed by atoms with Crippen LogP contribution in [-0.4, -0.2) is 12.1 Å². The minimum atomic E-state index is 0.160. The van der Waals surface area contributed by atoms with Gasteiger partial charge in [-0.3, -0.25) is 0 Å². The van der Waals surface area contributed by atoms with Crippen LogP contribution in [-0.2, 0) is 6.54 Å². The molecule has 21 heavy (non-hydrogen) atoms. The van der Waals surface area contributed by atoms with E-state index in [1.54, 1.807) is 0 Å². The second kappa shape index (κ2) is 5.45. The van der Waals surface area contributed by atoms with Gasteiger partial charge in [-0.15, -0.1) is 0 Å². The highest BCUT2D eigenvalue weighted by Crippen LogP contribution is 2.21. The zero-order valence-electron chi connectivity index (χ0n) is 13.1. The molecule has 1 N–H and O–H groups in total. The van der Waals surface area contributed by atoms with E-state index in [0.29, 0.717) is 0 Å². The Labute approximate surface area is 126 Å². The average Bonchev–Trinajstić information content (AvgIpc) is 2.46. The summed E-state index contributed by atoms with van der Waals surface area (Å²) in [6, 6.07) is 17.3. The van der Waals surface area contributed by atoms with Crippen LogP contribution in [0, 0.1) is 0 Å². The topological polar surface area (TPSA) is 15.9 Å². The molecule has 108 valence electrons. The van der Waals surface area contributed by atoms with Crippen molar-refractivity contribution in [2.75, 3.05) is 6.54 Å². The van der Waals surface area contributed by atoms with Crippen molar-refractivity contribution in [1.29, 1.82) is 0 Å². The number of nitrogens with one attached hydrogen (secondary N) is 1. The second-order valence-electron chi connectivity index (χ2n) is 6.60. The monoisotopic (exact) mass is 279 g/mol. The smallest absolute Gasteiger partial charge is 0.213 e. The molecular formula is C19H23N2+. The number of pyridine rings is 1. The Balaban J connectivity index is 2.04. The summed E-state index contributed by atoms with van der Waals surface area (Å²) >= 11 is 0. The molecule has 0 atom stereocenters. The summed E-state index contributed by atoms with van der Waals surface area (Å²) in [5.74, 6) is 0. The molecule has 0 aliphatic carbocycles. The molecule has 1 heterocycles. The average molecular weight is 279 g/mol. The van der Waals surface area contributed by atoms with Crippen molar-refractivity contribution >= 4 is 21.7 Å². The highest BCUT2D eigenvalue weighted by Gasteiger charge is 2.14. The molecule has 3 aromatic rings. The van der Waals surface area contributed by atoms with E-state index in [-0.39, 0.29) is 5.54 Å². The summed E-state index contributed by atoms with van der Waals surface area (Å²) in [4.78, 5) is 0. The highest BCUT2D eigenvalue weighted by atomic mass is 15.0. The van der Waals surface area contributed by atoms with Gasteiger partial charge >= 0.3 is 0 Å². The number of hydrogen-bond acceptors (Lipinski definition) is 1. The predicted octanol–water partition coefficient (Wildman–Crippen LogP) is 3.67. The fourth-order valence-corrected chi connectivity index (χ4v) is 2.78. The van der Waals surface area contributed by atoms with Crippen LogP contribution in [0.1, 0.15) is 20.8 Å². The molecule has 0 aliphatic heterocycles. The molecule has 0 aliphatic rings. The summed E-state index contributed by atoms with van der Waals surface area (Å²) in [5, 5.41) is 7.51. The van der Waals surface area contributed by atoms with Gasteiger partial charge in [0.05, 0.1) is 11.9 Å². The SMILES string of the molecule is CC(C)(C)NCC[n+]1cc2ccccc2c2ccccc21. The number of nitrogens with zero attached hydrogens (tertiary/aromatic N) is 1. The van der Waals surface area contributed by atoms with E-state index in [1.807, 2.05) is 0 Å². The molecule has 2 aromatic carbocycles. The van der Waals surface area contributed by atoms with Gasteiger partial charge in [0.25, 0.3) is 0 Å². The predicted molar refractivity (Wildman–Crippen MR) is 89.4 cm³/mol. The molecule has 0 bridgehead atoms. The van der Waals surface area contributed by atoms with Gasteiger partial charge in [0.1, 0.15) is 0 Å². The highest BCUT2D eigenvalue weighted by molar-refractivity contribution is 6.03. The summed E-state index contributed by atoms with van der Waals surface area (Å²) < 4.78 is 2.36. The third kappa shape index (κ3) is 3.06. The van der Waals surface area contributed by atoms with E-state index < -0.39 is 0 Å². The third-order valence-electron chi connectivity index (χ3n) is 3.77. The maximum Gasteiger partial charge on any atom is 0.213 e. The molecule has 2 heteroatoms. The number of benzene rings is 2. The lowest BCUT2D eigenvalue weighted by molar-refractivity contribution is -0.668. The molecule has 2 nitrogen and oxygen atoms in total. The largest absolute Gasteiger partial charge is 0.306 e. The molecule has 0 fully saturated rings. The number of rotatable bonds is 3. The number of para-hydroxylation sites is 1. The lowest BCUT2D eigenvalue weighted by Crippen LogP contribution is -2.44. The number of fused-ring (bicyclic) bond motifs is 3. The Morgan fingerprint density at radius 1 is 0.905 bits per heavy atom. The first-order valence-electron chi connectivity index (χ1n) is 7.59. The Hall–Kier alpha value is -1.93. The summed E-state index contributed by atoms with van der Waals surface area (Å²) in [6.45, 7) is 8.56. The van der Waals surface area contributed by atoms with E-state index in [1.165, 1.54) is 21.7 Å². The van der Waals surface area contributed by atoms with Crippen molar-refractivity contribution in [3.63, 3.8) is 0 Å². The van der Waals surface area contributed by atoms with Crippen LogP contribution < -0.4 is 9.88 Å². The Morgan fingerprint density at radius 3 is 2.33 bits per heavy atom. The van der Waals surface area contributed by atoms with Crippen LogP contribution in [0.2, 0.25) is 0 Å². The molecule has 0 saturated heterocycles. The van der Waals surface area contributed by atoms with E-state index in [4.69, 9.17) is 0 Å².